The van der Waals surface area contributed by atoms with Gasteiger partial charge in [0.25, 0.3) is 0 Å². The van der Waals surface area contributed by atoms with E-state index in [0.717, 1.165) is 40.9 Å². The van der Waals surface area contributed by atoms with Crippen molar-refractivity contribution in [3.8, 4) is 0 Å². The maximum Gasteiger partial charge on any atom is 0.154 e. The minimum Gasteiger partial charge on any atom is -0.379 e. The molecule has 3 aromatic heterocycles. The Hall–Kier alpha value is -2.80. The minimum absolute atomic E-state index is 0.253. The molecule has 3 aromatic rings. The molecule has 28 heavy (non-hydrogen) atoms. The third-order valence-electron chi connectivity index (χ3n) is 5.24. The number of pyridine rings is 2. The summed E-state index contributed by atoms with van der Waals surface area (Å²) in [5.41, 5.74) is 3.78. The van der Waals surface area contributed by atoms with E-state index >= 15 is 0 Å². The number of hydrogen-bond donors (Lipinski definition) is 2. The number of methoxy groups -OCH3 is 1. The van der Waals surface area contributed by atoms with Gasteiger partial charge >= 0.3 is 0 Å². The lowest BCUT2D eigenvalue weighted by molar-refractivity contribution is 0.101. The number of hydrogen-bond acceptors (Lipinski definition) is 7. The second-order valence-electron chi connectivity index (χ2n) is 7.57. The topological polar surface area (TPSA) is 84.9 Å². The van der Waals surface area contributed by atoms with Crippen LogP contribution in [0.4, 0.5) is 17.3 Å². The molecule has 0 aliphatic heterocycles. The van der Waals surface area contributed by atoms with Gasteiger partial charge in [-0.05, 0) is 55.0 Å². The average molecular weight is 378 g/mol. The van der Waals surface area contributed by atoms with Crippen molar-refractivity contribution in [2.24, 2.45) is 0 Å². The monoisotopic (exact) mass is 378 g/mol. The van der Waals surface area contributed by atoms with E-state index in [1.165, 1.54) is 6.42 Å². The number of anilines is 3. The normalized spacial score (nSPS) is 19.3. The number of rotatable bonds is 6. The van der Waals surface area contributed by atoms with Gasteiger partial charge in [-0.3, -0.25) is 4.98 Å². The van der Waals surface area contributed by atoms with Gasteiger partial charge in [0.05, 0.1) is 41.3 Å². The van der Waals surface area contributed by atoms with Crippen LogP contribution < -0.4 is 10.6 Å². The van der Waals surface area contributed by atoms with Gasteiger partial charge in [0.2, 0.25) is 0 Å². The van der Waals surface area contributed by atoms with E-state index in [1.54, 1.807) is 13.3 Å². The van der Waals surface area contributed by atoms with Crippen LogP contribution in [0.2, 0.25) is 0 Å². The van der Waals surface area contributed by atoms with Gasteiger partial charge in [0.1, 0.15) is 5.82 Å². The largest absolute Gasteiger partial charge is 0.379 e. The zero-order valence-corrected chi connectivity index (χ0v) is 16.5. The second-order valence-corrected chi connectivity index (χ2v) is 7.57. The Morgan fingerprint density at radius 3 is 2.79 bits per heavy atom. The summed E-state index contributed by atoms with van der Waals surface area (Å²) in [6.45, 7) is 4.27. The molecule has 1 unspecified atom stereocenters. The first-order valence-electron chi connectivity index (χ1n) is 9.78. The molecule has 0 amide bonds. The molecule has 3 heterocycles. The molecule has 1 aliphatic carbocycles. The molecule has 2 N–H and O–H groups in total. The van der Waals surface area contributed by atoms with Crippen LogP contribution in [0.3, 0.4) is 0 Å². The highest BCUT2D eigenvalue weighted by Crippen LogP contribution is 2.26. The molecule has 0 aromatic carbocycles. The van der Waals surface area contributed by atoms with E-state index < -0.39 is 0 Å². The zero-order valence-electron chi connectivity index (χ0n) is 16.5. The predicted molar refractivity (Wildman–Crippen MR) is 111 cm³/mol. The van der Waals surface area contributed by atoms with Crippen molar-refractivity contribution in [3.05, 3.63) is 42.2 Å². The second kappa shape index (κ2) is 8.06. The summed E-state index contributed by atoms with van der Waals surface area (Å²) >= 11 is 0. The number of nitrogens with zero attached hydrogens (tertiary/aromatic N) is 4. The Morgan fingerprint density at radius 1 is 1.07 bits per heavy atom. The molecule has 7 heteroatoms. The first-order valence-corrected chi connectivity index (χ1v) is 9.78. The van der Waals surface area contributed by atoms with Gasteiger partial charge in [-0.15, -0.1) is 5.10 Å². The molecule has 0 saturated heterocycles. The predicted octanol–water partition coefficient (Wildman–Crippen LogP) is 4.27. The lowest BCUT2D eigenvalue weighted by atomic mass is 10.1. The number of nitrogens with one attached hydrogen (secondary N) is 2. The Kier molecular flexibility index (Phi) is 5.34. The van der Waals surface area contributed by atoms with E-state index in [4.69, 9.17) is 9.72 Å². The molecule has 0 spiro atoms. The van der Waals surface area contributed by atoms with Crippen molar-refractivity contribution >= 4 is 28.4 Å². The van der Waals surface area contributed by atoms with Crippen molar-refractivity contribution in [1.82, 2.24) is 20.2 Å². The highest BCUT2D eigenvalue weighted by molar-refractivity contribution is 5.79. The Bertz CT molecular complexity index is 961. The van der Waals surface area contributed by atoms with Gasteiger partial charge in [0.15, 0.2) is 5.82 Å². The minimum atomic E-state index is 0.253. The standard InChI is InChI=1S/C21H26N6O/c1-13(2)14-9-21(27-23-11-14)26-20-8-7-16-18(25-20)10-15(12-22-16)24-17-5-4-6-19(17)28-3/h7-13,17,19,24H,4-6H2,1-3H3,(H,25,26,27)/t17?,19-/m0/s1. The SMILES string of the molecule is CO[C@H]1CCCC1Nc1cnc2ccc(Nc3cc(C(C)C)cnn3)nc2c1. The highest BCUT2D eigenvalue weighted by Gasteiger charge is 2.26. The van der Waals surface area contributed by atoms with Crippen molar-refractivity contribution < 1.29 is 4.74 Å². The smallest absolute Gasteiger partial charge is 0.154 e. The van der Waals surface area contributed by atoms with Crippen LogP contribution in [0.5, 0.6) is 0 Å². The molecule has 0 radical (unpaired) electrons. The fourth-order valence-corrected chi connectivity index (χ4v) is 3.63. The van der Waals surface area contributed by atoms with Crippen molar-refractivity contribution in [3.63, 3.8) is 0 Å². The van der Waals surface area contributed by atoms with Crippen LogP contribution in [0, 0.1) is 0 Å². The molecule has 1 aliphatic rings. The first-order chi connectivity index (χ1) is 13.6. The van der Waals surface area contributed by atoms with Crippen LogP contribution in [-0.2, 0) is 4.74 Å². The average Bonchev–Trinajstić information content (AvgIpc) is 3.15. The third-order valence-corrected chi connectivity index (χ3v) is 5.24. The number of ether oxygens (including phenoxy) is 1. The van der Waals surface area contributed by atoms with Gasteiger partial charge in [0, 0.05) is 7.11 Å². The lowest BCUT2D eigenvalue weighted by Gasteiger charge is -2.20. The Morgan fingerprint density at radius 2 is 1.96 bits per heavy atom. The van der Waals surface area contributed by atoms with Crippen LogP contribution in [0.25, 0.3) is 11.0 Å². The molecule has 146 valence electrons. The molecular formula is C21H26N6O. The molecule has 1 fully saturated rings. The van der Waals surface area contributed by atoms with Crippen LogP contribution in [0.1, 0.15) is 44.6 Å². The van der Waals surface area contributed by atoms with Gasteiger partial charge < -0.3 is 15.4 Å². The molecule has 1 saturated carbocycles. The molecular weight excluding hydrogens is 352 g/mol. The van der Waals surface area contributed by atoms with Crippen LogP contribution in [0.15, 0.2) is 36.7 Å². The van der Waals surface area contributed by atoms with E-state index in [-0.39, 0.29) is 6.10 Å². The van der Waals surface area contributed by atoms with E-state index in [1.807, 2.05) is 30.5 Å². The van der Waals surface area contributed by atoms with E-state index in [2.05, 4.69) is 39.7 Å². The maximum atomic E-state index is 5.57. The summed E-state index contributed by atoms with van der Waals surface area (Å²) in [6.07, 6.45) is 7.29. The fraction of sp³-hybridized carbons (Fsp3) is 0.429. The van der Waals surface area contributed by atoms with Crippen LogP contribution >= 0.6 is 0 Å². The number of fused-ring (bicyclic) bond motifs is 1. The zero-order chi connectivity index (χ0) is 19.5. The van der Waals surface area contributed by atoms with Crippen molar-refractivity contribution in [1.29, 1.82) is 0 Å². The first kappa shape index (κ1) is 18.6. The molecule has 0 bridgehead atoms. The summed E-state index contributed by atoms with van der Waals surface area (Å²) in [6, 6.07) is 8.23. The van der Waals surface area contributed by atoms with Crippen molar-refractivity contribution in [2.45, 2.75) is 51.2 Å². The van der Waals surface area contributed by atoms with E-state index in [9.17, 15) is 0 Å². The van der Waals surface area contributed by atoms with Gasteiger partial charge in [-0.1, -0.05) is 13.8 Å². The summed E-state index contributed by atoms with van der Waals surface area (Å²) in [7, 11) is 1.78. The fourth-order valence-electron chi connectivity index (χ4n) is 3.63. The van der Waals surface area contributed by atoms with E-state index in [0.29, 0.717) is 17.8 Å². The van der Waals surface area contributed by atoms with Gasteiger partial charge in [-0.25, -0.2) is 4.98 Å². The lowest BCUT2D eigenvalue weighted by Crippen LogP contribution is -2.29. The Labute approximate surface area is 165 Å². The third kappa shape index (κ3) is 4.04. The highest BCUT2D eigenvalue weighted by atomic mass is 16.5. The molecule has 4 rings (SSSR count). The van der Waals surface area contributed by atoms with Gasteiger partial charge in [-0.2, -0.15) is 5.10 Å². The quantitative estimate of drug-likeness (QED) is 0.662. The summed E-state index contributed by atoms with van der Waals surface area (Å²) < 4.78 is 5.57. The molecule has 7 nitrogen and oxygen atoms in total. The van der Waals surface area contributed by atoms with Crippen molar-refractivity contribution in [2.75, 3.05) is 17.7 Å². The summed E-state index contributed by atoms with van der Waals surface area (Å²) in [5.74, 6) is 1.80. The Balaban J connectivity index is 1.55. The summed E-state index contributed by atoms with van der Waals surface area (Å²) in [5, 5.41) is 15.0. The maximum absolute atomic E-state index is 5.57. The summed E-state index contributed by atoms with van der Waals surface area (Å²) in [4.78, 5) is 9.24. The van der Waals surface area contributed by atoms with Crippen LogP contribution in [-0.4, -0.2) is 39.4 Å². The number of aromatic nitrogens is 4. The molecule has 2 atom stereocenters.